The number of nitrogens with one attached hydrogen (secondary N) is 2. The molecule has 25 heavy (non-hydrogen) atoms. The summed E-state index contributed by atoms with van der Waals surface area (Å²) in [6, 6.07) is 11.5. The second kappa shape index (κ2) is 7.70. The third-order valence-electron chi connectivity index (χ3n) is 3.29. The van der Waals surface area contributed by atoms with Crippen molar-refractivity contribution in [1.82, 2.24) is 0 Å². The first kappa shape index (κ1) is 17.6. The van der Waals surface area contributed by atoms with E-state index in [1.165, 1.54) is 48.5 Å². The Labute approximate surface area is 142 Å². The molecule has 0 unspecified atom stereocenters. The number of nitriles is 1. The Bertz CT molecular complexity index is 903. The Hall–Kier alpha value is -3.73. The Morgan fingerprint density at radius 3 is 2.60 bits per heavy atom. The van der Waals surface area contributed by atoms with E-state index in [-0.39, 0.29) is 16.9 Å². The van der Waals surface area contributed by atoms with E-state index in [1.807, 2.05) is 0 Å². The van der Waals surface area contributed by atoms with Crippen LogP contribution < -0.4 is 10.6 Å². The lowest BCUT2D eigenvalue weighted by atomic mass is 10.1. The summed E-state index contributed by atoms with van der Waals surface area (Å²) in [5.41, 5.74) is 0.0328. The summed E-state index contributed by atoms with van der Waals surface area (Å²) < 4.78 is 13.6. The van der Waals surface area contributed by atoms with Crippen LogP contribution >= 0.6 is 0 Å². The fourth-order valence-corrected chi connectivity index (χ4v) is 2.07. The van der Waals surface area contributed by atoms with Gasteiger partial charge >= 0.3 is 0 Å². The maximum atomic E-state index is 13.6. The molecule has 2 N–H and O–H groups in total. The third kappa shape index (κ3) is 4.17. The first-order valence-corrected chi connectivity index (χ1v) is 7.10. The lowest BCUT2D eigenvalue weighted by Crippen LogP contribution is -2.14. The number of rotatable bonds is 5. The first-order valence-electron chi connectivity index (χ1n) is 7.10. The average molecular weight is 340 g/mol. The van der Waals surface area contributed by atoms with E-state index < -0.39 is 16.6 Å². The molecule has 126 valence electrons. The summed E-state index contributed by atoms with van der Waals surface area (Å²) in [6.07, 6.45) is 1.20. The maximum absolute atomic E-state index is 13.6. The number of anilines is 2. The van der Waals surface area contributed by atoms with E-state index >= 15 is 0 Å². The van der Waals surface area contributed by atoms with Crippen LogP contribution in [0.3, 0.4) is 0 Å². The van der Waals surface area contributed by atoms with Crippen LogP contribution in [0.5, 0.6) is 0 Å². The van der Waals surface area contributed by atoms with Crippen molar-refractivity contribution in [3.8, 4) is 6.07 Å². The van der Waals surface area contributed by atoms with Crippen molar-refractivity contribution in [2.45, 2.75) is 0 Å². The highest BCUT2D eigenvalue weighted by molar-refractivity contribution is 6.09. The number of amides is 1. The molecule has 7 nitrogen and oxygen atoms in total. The molecule has 0 fully saturated rings. The summed E-state index contributed by atoms with van der Waals surface area (Å²) in [6.45, 7) is 0. The average Bonchev–Trinajstić information content (AvgIpc) is 2.61. The van der Waals surface area contributed by atoms with E-state index in [0.717, 1.165) is 0 Å². The molecular formula is C17H13FN4O3. The Morgan fingerprint density at radius 1 is 1.28 bits per heavy atom. The summed E-state index contributed by atoms with van der Waals surface area (Å²) in [4.78, 5) is 22.6. The summed E-state index contributed by atoms with van der Waals surface area (Å²) >= 11 is 0. The van der Waals surface area contributed by atoms with E-state index in [2.05, 4.69) is 10.6 Å². The smallest absolute Gasteiger partial charge is 0.292 e. The van der Waals surface area contributed by atoms with Gasteiger partial charge in [-0.25, -0.2) is 4.39 Å². The number of benzene rings is 2. The molecule has 0 aromatic heterocycles. The molecule has 2 aromatic carbocycles. The molecular weight excluding hydrogens is 327 g/mol. The zero-order chi connectivity index (χ0) is 18.4. The number of nitro benzene ring substituents is 1. The van der Waals surface area contributed by atoms with Crippen LogP contribution in [-0.2, 0) is 4.79 Å². The highest BCUT2D eigenvalue weighted by atomic mass is 19.1. The van der Waals surface area contributed by atoms with Crippen LogP contribution in [0.15, 0.2) is 48.0 Å². The first-order chi connectivity index (χ1) is 12.0. The molecule has 0 aliphatic heterocycles. The van der Waals surface area contributed by atoms with Crippen LogP contribution in [0.1, 0.15) is 5.56 Å². The molecule has 2 rings (SSSR count). The number of nitro groups is 1. The molecule has 0 aliphatic rings. The molecule has 0 saturated heterocycles. The van der Waals surface area contributed by atoms with Crippen LogP contribution in [-0.4, -0.2) is 17.9 Å². The van der Waals surface area contributed by atoms with Crippen LogP contribution in [0.4, 0.5) is 21.5 Å². The molecule has 0 heterocycles. The molecule has 0 saturated carbocycles. The standard InChI is InChI=1S/C17H13FN4O3/c1-20-15-7-6-11(9-16(15)22(24)25)8-12(10-19)17(23)21-14-5-3-2-4-13(14)18/h2-9,20H,1H3,(H,21,23)/b12-8+. The molecule has 0 atom stereocenters. The predicted octanol–water partition coefficient (Wildman–Crippen LogP) is 3.32. The number of carbonyl (C=O) groups is 1. The third-order valence-corrected chi connectivity index (χ3v) is 3.29. The summed E-state index contributed by atoms with van der Waals surface area (Å²) in [5.74, 6) is -1.45. The fraction of sp³-hybridized carbons (Fsp3) is 0.0588. The van der Waals surface area contributed by atoms with Gasteiger partial charge in [-0.15, -0.1) is 0 Å². The fourth-order valence-electron chi connectivity index (χ4n) is 2.07. The lowest BCUT2D eigenvalue weighted by Gasteiger charge is -2.06. The van der Waals surface area contributed by atoms with Crippen molar-refractivity contribution in [1.29, 1.82) is 5.26 Å². The molecule has 0 bridgehead atoms. The van der Waals surface area contributed by atoms with Gasteiger partial charge in [-0.05, 0) is 29.8 Å². The highest BCUT2D eigenvalue weighted by Gasteiger charge is 2.15. The van der Waals surface area contributed by atoms with Gasteiger partial charge in [0.25, 0.3) is 11.6 Å². The van der Waals surface area contributed by atoms with Crippen molar-refractivity contribution in [3.05, 3.63) is 69.5 Å². The second-order valence-corrected chi connectivity index (χ2v) is 4.89. The minimum Gasteiger partial charge on any atom is -0.383 e. The lowest BCUT2D eigenvalue weighted by molar-refractivity contribution is -0.384. The van der Waals surface area contributed by atoms with E-state index in [9.17, 15) is 19.3 Å². The van der Waals surface area contributed by atoms with E-state index in [4.69, 9.17) is 5.26 Å². The van der Waals surface area contributed by atoms with Crippen molar-refractivity contribution >= 4 is 29.0 Å². The van der Waals surface area contributed by atoms with Gasteiger partial charge in [-0.3, -0.25) is 14.9 Å². The Kier molecular flexibility index (Phi) is 5.43. The topological polar surface area (TPSA) is 108 Å². The molecule has 2 aromatic rings. The van der Waals surface area contributed by atoms with Crippen LogP contribution in [0, 0.1) is 27.3 Å². The van der Waals surface area contributed by atoms with Crippen LogP contribution in [0.2, 0.25) is 0 Å². The van der Waals surface area contributed by atoms with Gasteiger partial charge in [0.05, 0.1) is 10.6 Å². The number of halogens is 1. The van der Waals surface area contributed by atoms with Gasteiger partial charge in [0.1, 0.15) is 23.1 Å². The monoisotopic (exact) mass is 340 g/mol. The highest BCUT2D eigenvalue weighted by Crippen LogP contribution is 2.26. The number of para-hydroxylation sites is 1. The van der Waals surface area contributed by atoms with Gasteiger partial charge in [0, 0.05) is 13.1 Å². The van der Waals surface area contributed by atoms with Crippen molar-refractivity contribution in [3.63, 3.8) is 0 Å². The van der Waals surface area contributed by atoms with E-state index in [1.54, 1.807) is 13.1 Å². The van der Waals surface area contributed by atoms with Gasteiger partial charge in [0.15, 0.2) is 0 Å². The number of hydrogen-bond donors (Lipinski definition) is 2. The van der Waals surface area contributed by atoms with Gasteiger partial charge in [0.2, 0.25) is 0 Å². The summed E-state index contributed by atoms with van der Waals surface area (Å²) in [7, 11) is 1.54. The number of hydrogen-bond acceptors (Lipinski definition) is 5. The van der Waals surface area contributed by atoms with Crippen molar-refractivity contribution in [2.24, 2.45) is 0 Å². The summed E-state index contributed by atoms with van der Waals surface area (Å²) in [5, 5.41) is 25.2. The normalized spacial score (nSPS) is 10.7. The SMILES string of the molecule is CNc1ccc(/C=C(\C#N)C(=O)Nc2ccccc2F)cc1[N+](=O)[O-]. The molecule has 8 heteroatoms. The number of carbonyl (C=O) groups excluding carboxylic acids is 1. The largest absolute Gasteiger partial charge is 0.383 e. The number of nitrogens with zero attached hydrogens (tertiary/aromatic N) is 2. The quantitative estimate of drug-likeness (QED) is 0.376. The zero-order valence-corrected chi connectivity index (χ0v) is 13.1. The van der Waals surface area contributed by atoms with Gasteiger partial charge in [-0.2, -0.15) is 5.26 Å². The Morgan fingerprint density at radius 2 is 2.00 bits per heavy atom. The maximum Gasteiger partial charge on any atom is 0.292 e. The molecule has 1 amide bonds. The predicted molar refractivity (Wildman–Crippen MR) is 91.3 cm³/mol. The minimum absolute atomic E-state index is 0.0647. The second-order valence-electron chi connectivity index (χ2n) is 4.89. The van der Waals surface area contributed by atoms with E-state index in [0.29, 0.717) is 11.3 Å². The van der Waals surface area contributed by atoms with Gasteiger partial charge < -0.3 is 10.6 Å². The van der Waals surface area contributed by atoms with Crippen molar-refractivity contribution in [2.75, 3.05) is 17.7 Å². The molecule has 0 radical (unpaired) electrons. The van der Waals surface area contributed by atoms with Gasteiger partial charge in [-0.1, -0.05) is 18.2 Å². The van der Waals surface area contributed by atoms with Crippen LogP contribution in [0.25, 0.3) is 6.08 Å². The zero-order valence-electron chi connectivity index (χ0n) is 13.1. The van der Waals surface area contributed by atoms with Crippen molar-refractivity contribution < 1.29 is 14.1 Å². The Balaban J connectivity index is 2.33. The molecule has 0 aliphatic carbocycles. The molecule has 0 spiro atoms. The minimum atomic E-state index is -0.812.